The summed E-state index contributed by atoms with van der Waals surface area (Å²) >= 11 is 4.76. The first kappa shape index (κ1) is 11.2. The third-order valence-electron chi connectivity index (χ3n) is 2.73. The monoisotopic (exact) mass is 236 g/mol. The summed E-state index contributed by atoms with van der Waals surface area (Å²) in [5.41, 5.74) is 6.28. The van der Waals surface area contributed by atoms with Crippen molar-refractivity contribution < 1.29 is 4.74 Å². The van der Waals surface area contributed by atoms with Crippen molar-refractivity contribution in [2.45, 2.75) is 31.8 Å². The zero-order valence-electron chi connectivity index (χ0n) is 9.11. The first-order chi connectivity index (χ1) is 7.74. The van der Waals surface area contributed by atoms with Crippen LogP contribution in [0.3, 0.4) is 0 Å². The van der Waals surface area contributed by atoms with Gasteiger partial charge in [-0.25, -0.2) is 0 Å². The van der Waals surface area contributed by atoms with Crippen LogP contribution in [0, 0.1) is 0 Å². The van der Waals surface area contributed by atoms with Crippen molar-refractivity contribution in [2.24, 2.45) is 5.73 Å². The van der Waals surface area contributed by atoms with Gasteiger partial charge in [0.15, 0.2) is 5.11 Å². The van der Waals surface area contributed by atoms with Gasteiger partial charge in [-0.1, -0.05) is 0 Å². The number of thiocarbonyl (C=S) groups is 1. The minimum Gasteiger partial charge on any atom is -0.490 e. The molecule has 0 bridgehead atoms. The standard InChI is InChI=1S/C12H16N2OS/c13-12(16)14-9-5-7-11(8-6-9)15-10-3-1-2-4-10/h5-8,10H,1-4H2,(H3,13,14,16). The average molecular weight is 236 g/mol. The van der Waals surface area contributed by atoms with E-state index in [0.717, 1.165) is 11.4 Å². The molecule has 4 heteroatoms. The van der Waals surface area contributed by atoms with E-state index in [1.165, 1.54) is 25.7 Å². The van der Waals surface area contributed by atoms with Crippen molar-refractivity contribution in [3.05, 3.63) is 24.3 Å². The van der Waals surface area contributed by atoms with E-state index in [-0.39, 0.29) is 5.11 Å². The summed E-state index contributed by atoms with van der Waals surface area (Å²) in [7, 11) is 0. The van der Waals surface area contributed by atoms with Crippen LogP contribution in [0.4, 0.5) is 5.69 Å². The van der Waals surface area contributed by atoms with E-state index in [1.807, 2.05) is 24.3 Å². The molecule has 1 saturated carbocycles. The second-order valence-electron chi connectivity index (χ2n) is 4.04. The quantitative estimate of drug-likeness (QED) is 0.792. The van der Waals surface area contributed by atoms with E-state index in [1.54, 1.807) is 0 Å². The predicted molar refractivity (Wildman–Crippen MR) is 69.7 cm³/mol. The Morgan fingerprint density at radius 2 is 1.88 bits per heavy atom. The second kappa shape index (κ2) is 5.16. The normalized spacial score (nSPS) is 16.0. The number of rotatable bonds is 3. The van der Waals surface area contributed by atoms with E-state index in [9.17, 15) is 0 Å². The molecule has 3 nitrogen and oxygen atoms in total. The topological polar surface area (TPSA) is 47.3 Å². The molecule has 86 valence electrons. The number of benzene rings is 1. The fraction of sp³-hybridized carbons (Fsp3) is 0.417. The highest BCUT2D eigenvalue weighted by molar-refractivity contribution is 7.80. The molecule has 0 atom stereocenters. The van der Waals surface area contributed by atoms with Gasteiger partial charge in [0.1, 0.15) is 5.75 Å². The van der Waals surface area contributed by atoms with Crippen LogP contribution in [-0.4, -0.2) is 11.2 Å². The maximum Gasteiger partial charge on any atom is 0.168 e. The van der Waals surface area contributed by atoms with Crippen LogP contribution in [0.2, 0.25) is 0 Å². The van der Waals surface area contributed by atoms with Gasteiger partial charge in [-0.2, -0.15) is 0 Å². The van der Waals surface area contributed by atoms with Gasteiger partial charge in [0.25, 0.3) is 0 Å². The molecular formula is C12H16N2OS. The lowest BCUT2D eigenvalue weighted by atomic mass is 10.3. The van der Waals surface area contributed by atoms with Crippen molar-refractivity contribution in [2.75, 3.05) is 5.32 Å². The van der Waals surface area contributed by atoms with E-state index in [2.05, 4.69) is 5.32 Å². The molecule has 1 aromatic rings. The number of nitrogens with one attached hydrogen (secondary N) is 1. The van der Waals surface area contributed by atoms with Gasteiger partial charge in [0.05, 0.1) is 6.10 Å². The second-order valence-corrected chi connectivity index (χ2v) is 4.48. The van der Waals surface area contributed by atoms with E-state index in [4.69, 9.17) is 22.7 Å². The molecule has 0 spiro atoms. The zero-order valence-corrected chi connectivity index (χ0v) is 9.93. The maximum absolute atomic E-state index is 5.84. The molecule has 0 amide bonds. The average Bonchev–Trinajstić information content (AvgIpc) is 2.73. The third kappa shape index (κ3) is 3.10. The van der Waals surface area contributed by atoms with Crippen molar-refractivity contribution >= 4 is 23.0 Å². The molecule has 0 radical (unpaired) electrons. The highest BCUT2D eigenvalue weighted by Gasteiger charge is 2.16. The van der Waals surface area contributed by atoms with Gasteiger partial charge in [0.2, 0.25) is 0 Å². The lowest BCUT2D eigenvalue weighted by Gasteiger charge is -2.13. The largest absolute Gasteiger partial charge is 0.490 e. The van der Waals surface area contributed by atoms with Gasteiger partial charge >= 0.3 is 0 Å². The number of nitrogens with two attached hydrogens (primary N) is 1. The number of hydrogen-bond acceptors (Lipinski definition) is 2. The molecule has 0 aliphatic heterocycles. The Labute approximate surface area is 101 Å². The van der Waals surface area contributed by atoms with E-state index >= 15 is 0 Å². The SMILES string of the molecule is NC(=S)Nc1ccc(OC2CCCC2)cc1. The van der Waals surface area contributed by atoms with Crippen LogP contribution in [0.5, 0.6) is 5.75 Å². The maximum atomic E-state index is 5.84. The Morgan fingerprint density at radius 3 is 2.44 bits per heavy atom. The fourth-order valence-corrected chi connectivity index (χ4v) is 2.08. The van der Waals surface area contributed by atoms with Gasteiger partial charge in [-0.15, -0.1) is 0 Å². The Balaban J connectivity index is 1.93. The van der Waals surface area contributed by atoms with E-state index < -0.39 is 0 Å². The molecule has 1 aliphatic carbocycles. The summed E-state index contributed by atoms with van der Waals surface area (Å²) in [5, 5.41) is 3.16. The molecule has 0 aromatic heterocycles. The molecule has 1 aliphatic rings. The van der Waals surface area contributed by atoms with Crippen LogP contribution in [0.1, 0.15) is 25.7 Å². The van der Waals surface area contributed by atoms with E-state index in [0.29, 0.717) is 6.10 Å². The summed E-state index contributed by atoms with van der Waals surface area (Å²) in [4.78, 5) is 0. The zero-order chi connectivity index (χ0) is 11.4. The summed E-state index contributed by atoms with van der Waals surface area (Å²) < 4.78 is 5.84. The third-order valence-corrected chi connectivity index (χ3v) is 2.83. The Morgan fingerprint density at radius 1 is 1.25 bits per heavy atom. The summed E-state index contributed by atoms with van der Waals surface area (Å²) in [6.45, 7) is 0. The fourth-order valence-electron chi connectivity index (χ4n) is 1.96. The summed E-state index contributed by atoms with van der Waals surface area (Å²) in [5.74, 6) is 0.917. The number of anilines is 1. The first-order valence-electron chi connectivity index (χ1n) is 5.57. The molecule has 0 heterocycles. The summed E-state index contributed by atoms with van der Waals surface area (Å²) in [6.07, 6.45) is 5.31. The molecule has 1 aromatic carbocycles. The van der Waals surface area contributed by atoms with Crippen LogP contribution < -0.4 is 15.8 Å². The molecule has 1 fully saturated rings. The Bertz CT molecular complexity index is 358. The molecule has 0 unspecified atom stereocenters. The van der Waals surface area contributed by atoms with Crippen LogP contribution in [-0.2, 0) is 0 Å². The molecule has 16 heavy (non-hydrogen) atoms. The van der Waals surface area contributed by atoms with Gasteiger partial charge in [-0.3, -0.25) is 0 Å². The molecular weight excluding hydrogens is 220 g/mol. The highest BCUT2D eigenvalue weighted by atomic mass is 32.1. The Kier molecular flexibility index (Phi) is 3.62. The van der Waals surface area contributed by atoms with Crippen molar-refractivity contribution in [1.82, 2.24) is 0 Å². The van der Waals surface area contributed by atoms with Crippen LogP contribution in [0.15, 0.2) is 24.3 Å². The van der Waals surface area contributed by atoms with Crippen LogP contribution >= 0.6 is 12.2 Å². The van der Waals surface area contributed by atoms with Gasteiger partial charge in [-0.05, 0) is 62.2 Å². The first-order valence-corrected chi connectivity index (χ1v) is 5.98. The Hall–Kier alpha value is -1.29. The summed E-state index contributed by atoms with van der Waals surface area (Å²) in [6, 6.07) is 7.73. The minimum absolute atomic E-state index is 0.282. The molecule has 2 rings (SSSR count). The lowest BCUT2D eigenvalue weighted by molar-refractivity contribution is 0.210. The highest BCUT2D eigenvalue weighted by Crippen LogP contribution is 2.24. The molecule has 0 saturated heterocycles. The number of hydrogen-bond donors (Lipinski definition) is 2. The van der Waals surface area contributed by atoms with Crippen LogP contribution in [0.25, 0.3) is 0 Å². The van der Waals surface area contributed by atoms with Crippen molar-refractivity contribution in [3.63, 3.8) is 0 Å². The number of ether oxygens (including phenoxy) is 1. The predicted octanol–water partition coefficient (Wildman–Crippen LogP) is 2.66. The molecule has 3 N–H and O–H groups in total. The van der Waals surface area contributed by atoms with Crippen molar-refractivity contribution in [1.29, 1.82) is 0 Å². The lowest BCUT2D eigenvalue weighted by Crippen LogP contribution is -2.18. The minimum atomic E-state index is 0.282. The van der Waals surface area contributed by atoms with Gasteiger partial charge in [0, 0.05) is 5.69 Å². The van der Waals surface area contributed by atoms with Gasteiger partial charge < -0.3 is 15.8 Å². The smallest absolute Gasteiger partial charge is 0.168 e. The van der Waals surface area contributed by atoms with Crippen molar-refractivity contribution in [3.8, 4) is 5.75 Å².